The molecule has 2 aromatic carbocycles. The summed E-state index contributed by atoms with van der Waals surface area (Å²) in [7, 11) is 3.20. The average molecular weight is 352 g/mol. The minimum absolute atomic E-state index is 0.229. The number of benzene rings is 2. The van der Waals surface area contributed by atoms with E-state index in [4.69, 9.17) is 27.9 Å². The van der Waals surface area contributed by atoms with Crippen molar-refractivity contribution in [2.45, 2.75) is 6.10 Å². The standard InChI is InChI=1S/C17H15Cl2NO3/c1-20(2)16(21)15(11-6-4-3-5-7-11)23-17(22)12-8-9-13(18)14(19)10-12/h3-10,15H,1-2H3. The summed E-state index contributed by atoms with van der Waals surface area (Å²) in [6.07, 6.45) is -1.02. The zero-order valence-corrected chi connectivity index (χ0v) is 14.1. The van der Waals surface area contributed by atoms with Crippen LogP contribution >= 0.6 is 23.2 Å². The van der Waals surface area contributed by atoms with Gasteiger partial charge in [-0.3, -0.25) is 4.79 Å². The Morgan fingerprint density at radius 1 is 1.00 bits per heavy atom. The number of ether oxygens (including phenoxy) is 1. The quantitative estimate of drug-likeness (QED) is 0.782. The van der Waals surface area contributed by atoms with Crippen molar-refractivity contribution in [3.8, 4) is 0 Å². The Hall–Kier alpha value is -2.04. The topological polar surface area (TPSA) is 46.6 Å². The molecule has 0 aliphatic heterocycles. The normalized spacial score (nSPS) is 11.7. The summed E-state index contributed by atoms with van der Waals surface area (Å²) in [5.74, 6) is -0.975. The molecule has 0 aliphatic rings. The van der Waals surface area contributed by atoms with Gasteiger partial charge in [0, 0.05) is 19.7 Å². The number of carbonyl (C=O) groups is 2. The van der Waals surface area contributed by atoms with E-state index >= 15 is 0 Å². The van der Waals surface area contributed by atoms with Gasteiger partial charge in [0.05, 0.1) is 15.6 Å². The lowest BCUT2D eigenvalue weighted by atomic mass is 10.1. The summed E-state index contributed by atoms with van der Waals surface area (Å²) in [5, 5.41) is 0.587. The summed E-state index contributed by atoms with van der Waals surface area (Å²) < 4.78 is 5.41. The molecule has 0 spiro atoms. The predicted molar refractivity (Wildman–Crippen MR) is 89.8 cm³/mol. The number of hydrogen-bond acceptors (Lipinski definition) is 3. The molecular weight excluding hydrogens is 337 g/mol. The maximum Gasteiger partial charge on any atom is 0.339 e. The van der Waals surface area contributed by atoms with Crippen molar-refractivity contribution < 1.29 is 14.3 Å². The van der Waals surface area contributed by atoms with E-state index < -0.39 is 12.1 Å². The SMILES string of the molecule is CN(C)C(=O)C(OC(=O)c1ccc(Cl)c(Cl)c1)c1ccccc1. The molecule has 120 valence electrons. The van der Waals surface area contributed by atoms with Crippen molar-refractivity contribution >= 4 is 35.1 Å². The van der Waals surface area contributed by atoms with Gasteiger partial charge in [-0.15, -0.1) is 0 Å². The van der Waals surface area contributed by atoms with E-state index in [2.05, 4.69) is 0 Å². The van der Waals surface area contributed by atoms with Crippen LogP contribution < -0.4 is 0 Å². The van der Waals surface area contributed by atoms with E-state index in [1.165, 1.54) is 23.1 Å². The molecular formula is C17H15Cl2NO3. The van der Waals surface area contributed by atoms with E-state index in [9.17, 15) is 9.59 Å². The first-order valence-electron chi connectivity index (χ1n) is 6.82. The lowest BCUT2D eigenvalue weighted by Gasteiger charge is -2.21. The van der Waals surface area contributed by atoms with Gasteiger partial charge in [0.15, 0.2) is 0 Å². The molecule has 0 radical (unpaired) electrons. The summed E-state index contributed by atoms with van der Waals surface area (Å²) in [5.41, 5.74) is 0.825. The highest BCUT2D eigenvalue weighted by Crippen LogP contribution is 2.25. The van der Waals surface area contributed by atoms with E-state index in [-0.39, 0.29) is 16.5 Å². The van der Waals surface area contributed by atoms with Crippen LogP contribution in [0.4, 0.5) is 0 Å². The molecule has 0 bridgehead atoms. The van der Waals surface area contributed by atoms with Gasteiger partial charge >= 0.3 is 5.97 Å². The van der Waals surface area contributed by atoms with Crippen LogP contribution in [0, 0.1) is 0 Å². The smallest absolute Gasteiger partial charge is 0.339 e. The van der Waals surface area contributed by atoms with Gasteiger partial charge in [0.25, 0.3) is 5.91 Å². The van der Waals surface area contributed by atoms with Crippen molar-refractivity contribution in [3.63, 3.8) is 0 Å². The first-order valence-corrected chi connectivity index (χ1v) is 7.58. The van der Waals surface area contributed by atoms with Crippen LogP contribution in [-0.4, -0.2) is 30.9 Å². The van der Waals surface area contributed by atoms with Gasteiger partial charge in [0.2, 0.25) is 6.10 Å². The Bertz CT molecular complexity index is 717. The zero-order valence-electron chi connectivity index (χ0n) is 12.6. The number of carbonyl (C=O) groups excluding carboxylic acids is 2. The van der Waals surface area contributed by atoms with Crippen molar-refractivity contribution in [1.29, 1.82) is 0 Å². The maximum absolute atomic E-state index is 12.3. The molecule has 0 saturated carbocycles. The van der Waals surface area contributed by atoms with Crippen LogP contribution in [0.3, 0.4) is 0 Å². The lowest BCUT2D eigenvalue weighted by Crippen LogP contribution is -2.31. The number of rotatable bonds is 4. The molecule has 0 heterocycles. The second-order valence-electron chi connectivity index (χ2n) is 5.06. The van der Waals surface area contributed by atoms with Crippen LogP contribution in [0.1, 0.15) is 22.0 Å². The summed E-state index contributed by atoms with van der Waals surface area (Å²) in [6, 6.07) is 13.2. The molecule has 2 aromatic rings. The fraction of sp³-hybridized carbons (Fsp3) is 0.176. The predicted octanol–water partition coefficient (Wildman–Crippen LogP) is 3.98. The molecule has 23 heavy (non-hydrogen) atoms. The van der Waals surface area contributed by atoms with Gasteiger partial charge in [0.1, 0.15) is 0 Å². The Kier molecular flexibility index (Phi) is 5.64. The minimum atomic E-state index is -1.02. The van der Waals surface area contributed by atoms with E-state index in [1.54, 1.807) is 38.4 Å². The fourth-order valence-electron chi connectivity index (χ4n) is 1.92. The summed E-state index contributed by atoms with van der Waals surface area (Å²) >= 11 is 11.7. The highest BCUT2D eigenvalue weighted by atomic mass is 35.5. The van der Waals surface area contributed by atoms with Crippen LogP contribution in [0.15, 0.2) is 48.5 Å². The van der Waals surface area contributed by atoms with Gasteiger partial charge in [-0.05, 0) is 18.2 Å². The molecule has 0 aromatic heterocycles. The largest absolute Gasteiger partial charge is 0.444 e. The number of likely N-dealkylation sites (N-methyl/N-ethyl adjacent to an activating group) is 1. The Labute approximate surface area is 144 Å². The zero-order chi connectivity index (χ0) is 17.0. The second-order valence-corrected chi connectivity index (χ2v) is 5.87. The summed E-state index contributed by atoms with van der Waals surface area (Å²) in [4.78, 5) is 26.0. The average Bonchev–Trinajstić information content (AvgIpc) is 2.55. The van der Waals surface area contributed by atoms with Gasteiger partial charge in [-0.25, -0.2) is 4.79 Å². The number of esters is 1. The fourth-order valence-corrected chi connectivity index (χ4v) is 2.22. The van der Waals surface area contributed by atoms with Crippen LogP contribution in [0.25, 0.3) is 0 Å². The van der Waals surface area contributed by atoms with Gasteiger partial charge < -0.3 is 9.64 Å². The minimum Gasteiger partial charge on any atom is -0.444 e. The lowest BCUT2D eigenvalue weighted by molar-refractivity contribution is -0.138. The number of nitrogens with zero attached hydrogens (tertiary/aromatic N) is 1. The molecule has 1 unspecified atom stereocenters. The molecule has 0 saturated heterocycles. The third kappa shape index (κ3) is 4.24. The Balaban J connectivity index is 2.28. The molecule has 0 N–H and O–H groups in total. The third-order valence-electron chi connectivity index (χ3n) is 3.15. The van der Waals surface area contributed by atoms with Crippen molar-refractivity contribution in [3.05, 3.63) is 69.7 Å². The van der Waals surface area contributed by atoms with Crippen LogP contribution in [0.5, 0.6) is 0 Å². The second kappa shape index (κ2) is 7.49. The van der Waals surface area contributed by atoms with E-state index in [0.717, 1.165) is 0 Å². The number of hydrogen-bond donors (Lipinski definition) is 0. The van der Waals surface area contributed by atoms with E-state index in [0.29, 0.717) is 10.6 Å². The first kappa shape index (κ1) is 17.3. The van der Waals surface area contributed by atoms with Crippen LogP contribution in [0.2, 0.25) is 10.0 Å². The number of halogens is 2. The summed E-state index contributed by atoms with van der Waals surface area (Å²) in [6.45, 7) is 0. The molecule has 2 rings (SSSR count). The highest BCUT2D eigenvalue weighted by molar-refractivity contribution is 6.42. The monoisotopic (exact) mass is 351 g/mol. The van der Waals surface area contributed by atoms with Crippen molar-refractivity contribution in [2.75, 3.05) is 14.1 Å². The van der Waals surface area contributed by atoms with Crippen LogP contribution in [-0.2, 0) is 9.53 Å². The Morgan fingerprint density at radius 3 is 2.22 bits per heavy atom. The molecule has 0 fully saturated rings. The molecule has 0 aliphatic carbocycles. The maximum atomic E-state index is 12.3. The highest BCUT2D eigenvalue weighted by Gasteiger charge is 2.27. The molecule has 1 amide bonds. The molecule has 1 atom stereocenters. The molecule has 4 nitrogen and oxygen atoms in total. The van der Waals surface area contributed by atoms with Gasteiger partial charge in [-0.1, -0.05) is 53.5 Å². The first-order chi connectivity index (χ1) is 10.9. The van der Waals surface area contributed by atoms with Crippen molar-refractivity contribution in [2.24, 2.45) is 0 Å². The van der Waals surface area contributed by atoms with E-state index in [1.807, 2.05) is 6.07 Å². The van der Waals surface area contributed by atoms with Gasteiger partial charge in [-0.2, -0.15) is 0 Å². The third-order valence-corrected chi connectivity index (χ3v) is 3.89. The van der Waals surface area contributed by atoms with Crippen molar-refractivity contribution in [1.82, 2.24) is 4.90 Å². The Morgan fingerprint density at radius 2 is 1.65 bits per heavy atom. The number of amides is 1. The molecule has 6 heteroatoms.